The molecule has 6 rings (SSSR count). The van der Waals surface area contributed by atoms with Gasteiger partial charge in [0.1, 0.15) is 28.9 Å². The number of pyridine rings is 2. The fourth-order valence-electron chi connectivity index (χ4n) is 5.85. The summed E-state index contributed by atoms with van der Waals surface area (Å²) in [5.41, 5.74) is 11.4. The predicted octanol–water partition coefficient (Wildman–Crippen LogP) is 9.12. The molecule has 4 aromatic rings. The molecule has 0 radical (unpaired) electrons. The number of halogens is 3. The molecule has 2 atom stereocenters. The van der Waals surface area contributed by atoms with Gasteiger partial charge in [0.05, 0.1) is 18.4 Å². The summed E-state index contributed by atoms with van der Waals surface area (Å²) in [6.45, 7) is 13.1. The molecule has 2 saturated carbocycles. The molecule has 5 N–H and O–H groups in total. The second kappa shape index (κ2) is 17.5. The van der Waals surface area contributed by atoms with Crippen LogP contribution in [0.4, 0.5) is 25.2 Å². The third kappa shape index (κ3) is 11.3. The Morgan fingerprint density at radius 3 is 1.56 bits per heavy atom. The van der Waals surface area contributed by atoms with Crippen LogP contribution < -0.4 is 21.7 Å². The molecule has 2 fully saturated rings. The highest BCUT2D eigenvalue weighted by Crippen LogP contribution is 2.33. The molecule has 0 spiro atoms. The average molecular weight is 763 g/mol. The number of anilines is 2. The van der Waals surface area contributed by atoms with E-state index in [1.165, 1.54) is 0 Å². The van der Waals surface area contributed by atoms with Gasteiger partial charge in [-0.3, -0.25) is 9.59 Å². The molecule has 288 valence electrons. The van der Waals surface area contributed by atoms with Crippen molar-refractivity contribution < 1.29 is 27.9 Å². The van der Waals surface area contributed by atoms with Gasteiger partial charge in [0.15, 0.2) is 0 Å². The first-order chi connectivity index (χ1) is 25.0. The molecular formula is C41H49ClF2N6O4. The van der Waals surface area contributed by atoms with E-state index in [4.69, 9.17) is 10.5 Å². The van der Waals surface area contributed by atoms with Gasteiger partial charge in [-0.2, -0.15) is 0 Å². The lowest BCUT2D eigenvalue weighted by Crippen LogP contribution is -2.34. The van der Waals surface area contributed by atoms with Gasteiger partial charge in [0.25, 0.3) is 0 Å². The van der Waals surface area contributed by atoms with Gasteiger partial charge in [0, 0.05) is 29.0 Å². The van der Waals surface area contributed by atoms with Crippen LogP contribution in [0.25, 0.3) is 22.3 Å². The number of nitrogens with one attached hydrogen (secondary N) is 3. The summed E-state index contributed by atoms with van der Waals surface area (Å²) in [5, 5.41) is 8.31. The van der Waals surface area contributed by atoms with Crippen molar-refractivity contribution in [3.63, 3.8) is 0 Å². The van der Waals surface area contributed by atoms with Crippen molar-refractivity contribution in [2.24, 2.45) is 17.6 Å². The number of nitrogens with two attached hydrogens (primary N) is 1. The SMILES string of the molecule is Cc1cc(-c2cc(NC(=O)C3CC3)ncc2F)ccc1[C@@H](C)N.Cc1cc(-c2cc(NC(=O)C3CC3)ncc2F)ccc1[C@@H](C)NC(=O)OC(C)(C)C.Cl. The van der Waals surface area contributed by atoms with Crippen LogP contribution in [0.5, 0.6) is 0 Å². The Labute approximate surface area is 321 Å². The second-order valence-electron chi connectivity index (χ2n) is 14.9. The van der Waals surface area contributed by atoms with Gasteiger partial charge in [-0.05, 0) is 120 Å². The number of aryl methyl sites for hydroxylation is 2. The molecule has 2 heterocycles. The average Bonchev–Trinajstić information content (AvgIpc) is 3.99. The highest BCUT2D eigenvalue weighted by atomic mass is 35.5. The maximum absolute atomic E-state index is 14.4. The van der Waals surface area contributed by atoms with Crippen LogP contribution in [0.2, 0.25) is 0 Å². The summed E-state index contributed by atoms with van der Waals surface area (Å²) < 4.78 is 33.9. The van der Waals surface area contributed by atoms with Gasteiger partial charge in [-0.25, -0.2) is 23.5 Å². The van der Waals surface area contributed by atoms with Crippen molar-refractivity contribution in [1.29, 1.82) is 0 Å². The zero-order valence-electron chi connectivity index (χ0n) is 31.7. The molecule has 2 aliphatic rings. The van der Waals surface area contributed by atoms with E-state index in [1.54, 1.807) is 18.2 Å². The number of hydrogen-bond acceptors (Lipinski definition) is 7. The van der Waals surface area contributed by atoms with Gasteiger partial charge >= 0.3 is 6.09 Å². The summed E-state index contributed by atoms with van der Waals surface area (Å²) in [6, 6.07) is 14.0. The summed E-state index contributed by atoms with van der Waals surface area (Å²) in [4.78, 5) is 43.8. The molecule has 10 nitrogen and oxygen atoms in total. The first-order valence-electron chi connectivity index (χ1n) is 17.9. The molecule has 2 aromatic heterocycles. The smallest absolute Gasteiger partial charge is 0.408 e. The van der Waals surface area contributed by atoms with E-state index in [2.05, 4.69) is 25.9 Å². The summed E-state index contributed by atoms with van der Waals surface area (Å²) in [7, 11) is 0. The Morgan fingerprint density at radius 1 is 0.759 bits per heavy atom. The molecule has 0 unspecified atom stereocenters. The van der Waals surface area contributed by atoms with E-state index in [0.29, 0.717) is 28.3 Å². The zero-order chi connectivity index (χ0) is 38.6. The Kier molecular flexibility index (Phi) is 13.5. The molecule has 2 aliphatic carbocycles. The molecular weight excluding hydrogens is 714 g/mol. The van der Waals surface area contributed by atoms with E-state index in [9.17, 15) is 23.2 Å². The van der Waals surface area contributed by atoms with Crippen molar-refractivity contribution in [1.82, 2.24) is 15.3 Å². The maximum atomic E-state index is 14.4. The standard InChI is InChI=1S/C23H28FN3O3.C18H20FN3O.ClH/c1-13-10-16(8-9-17(13)14(2)26-22(29)30-23(3,4)5)18-11-20(25-12-19(18)24)27-21(28)15-6-7-15;1-10-7-13(5-6-14(10)11(2)20)15-8-17(21-9-16(15)19)22-18(23)12-3-4-12;/h8-12,14-15H,6-7H2,1-5H3,(H,26,29)(H,25,27,28);5-9,11-12H,3-4,20H2,1-2H3,(H,21,22,23);1H/t14-;11-;/m11./s1. The van der Waals surface area contributed by atoms with Crippen LogP contribution in [0, 0.1) is 37.3 Å². The number of aromatic nitrogens is 2. The third-order valence-corrected chi connectivity index (χ3v) is 8.96. The Hall–Kier alpha value is -4.94. The van der Waals surface area contributed by atoms with Crippen molar-refractivity contribution in [3.05, 3.63) is 94.8 Å². The second-order valence-corrected chi connectivity index (χ2v) is 14.9. The zero-order valence-corrected chi connectivity index (χ0v) is 32.5. The normalized spacial score (nSPS) is 14.7. The number of hydrogen-bond donors (Lipinski definition) is 4. The van der Waals surface area contributed by atoms with Crippen molar-refractivity contribution in [2.75, 3.05) is 10.6 Å². The van der Waals surface area contributed by atoms with E-state index in [0.717, 1.165) is 65.9 Å². The Balaban J connectivity index is 0.000000244. The van der Waals surface area contributed by atoms with E-state index in [-0.39, 0.29) is 48.1 Å². The number of amides is 3. The van der Waals surface area contributed by atoms with Crippen LogP contribution in [-0.4, -0.2) is 33.5 Å². The lowest BCUT2D eigenvalue weighted by atomic mass is 9.96. The van der Waals surface area contributed by atoms with E-state index < -0.39 is 23.3 Å². The largest absolute Gasteiger partial charge is 0.444 e. The molecule has 0 saturated heterocycles. The lowest BCUT2D eigenvalue weighted by Gasteiger charge is -2.23. The first-order valence-corrected chi connectivity index (χ1v) is 17.9. The number of alkyl carbamates (subject to hydrolysis) is 1. The van der Waals surface area contributed by atoms with Gasteiger partial charge in [-0.1, -0.05) is 36.4 Å². The number of benzene rings is 2. The van der Waals surface area contributed by atoms with Crippen LogP contribution in [0.3, 0.4) is 0 Å². The van der Waals surface area contributed by atoms with Crippen LogP contribution in [0.1, 0.15) is 94.6 Å². The van der Waals surface area contributed by atoms with Crippen molar-refractivity contribution in [2.45, 2.75) is 91.8 Å². The number of ether oxygens (including phenoxy) is 1. The topological polar surface area (TPSA) is 148 Å². The lowest BCUT2D eigenvalue weighted by molar-refractivity contribution is -0.118. The molecule has 13 heteroatoms. The number of nitrogens with zero attached hydrogens (tertiary/aromatic N) is 2. The first kappa shape index (κ1) is 41.8. The van der Waals surface area contributed by atoms with Crippen LogP contribution in [0.15, 0.2) is 60.9 Å². The molecule has 3 amide bonds. The summed E-state index contributed by atoms with van der Waals surface area (Å²) >= 11 is 0. The number of carbonyl (C=O) groups is 3. The number of rotatable bonds is 9. The predicted molar refractivity (Wildman–Crippen MR) is 209 cm³/mol. The van der Waals surface area contributed by atoms with E-state index >= 15 is 0 Å². The van der Waals surface area contributed by atoms with Crippen molar-refractivity contribution >= 4 is 42.0 Å². The quantitative estimate of drug-likeness (QED) is 0.133. The van der Waals surface area contributed by atoms with Gasteiger partial charge < -0.3 is 26.4 Å². The highest BCUT2D eigenvalue weighted by molar-refractivity contribution is 5.94. The molecule has 0 aliphatic heterocycles. The number of carbonyl (C=O) groups excluding carboxylic acids is 3. The monoisotopic (exact) mass is 762 g/mol. The third-order valence-electron chi connectivity index (χ3n) is 8.96. The van der Waals surface area contributed by atoms with Crippen LogP contribution in [-0.2, 0) is 14.3 Å². The van der Waals surface area contributed by atoms with Gasteiger partial charge in [-0.15, -0.1) is 12.4 Å². The fourth-order valence-corrected chi connectivity index (χ4v) is 5.85. The fraction of sp³-hybridized carbons (Fsp3) is 0.390. The maximum Gasteiger partial charge on any atom is 0.408 e. The minimum atomic E-state index is -0.575. The molecule has 54 heavy (non-hydrogen) atoms. The summed E-state index contributed by atoms with van der Waals surface area (Å²) in [5.74, 6) is -0.156. The van der Waals surface area contributed by atoms with E-state index in [1.807, 2.05) is 78.8 Å². The molecule has 0 bridgehead atoms. The minimum absolute atomic E-state index is 0. The molecule has 2 aromatic carbocycles. The minimum Gasteiger partial charge on any atom is -0.444 e. The van der Waals surface area contributed by atoms with Crippen LogP contribution >= 0.6 is 12.4 Å². The summed E-state index contributed by atoms with van der Waals surface area (Å²) in [6.07, 6.45) is 5.37. The van der Waals surface area contributed by atoms with Gasteiger partial charge in [0.2, 0.25) is 11.8 Å². The Morgan fingerprint density at radius 2 is 1.19 bits per heavy atom. The highest BCUT2D eigenvalue weighted by Gasteiger charge is 2.31. The Bertz CT molecular complexity index is 2010. The van der Waals surface area contributed by atoms with Crippen molar-refractivity contribution in [3.8, 4) is 22.3 Å².